The van der Waals surface area contributed by atoms with E-state index in [-0.39, 0.29) is 5.82 Å². The molecule has 0 amide bonds. The average molecular weight is 236 g/mol. The number of halogens is 1. The SMILES string of the molecule is Fc1cccc(CNCCN2CCCCC2)c1. The Morgan fingerprint density at radius 2 is 2.00 bits per heavy atom. The van der Waals surface area contributed by atoms with Gasteiger partial charge in [-0.25, -0.2) is 4.39 Å². The van der Waals surface area contributed by atoms with E-state index in [4.69, 9.17) is 0 Å². The van der Waals surface area contributed by atoms with Crippen molar-refractivity contribution in [2.45, 2.75) is 25.8 Å². The van der Waals surface area contributed by atoms with Gasteiger partial charge in [-0.2, -0.15) is 0 Å². The van der Waals surface area contributed by atoms with Crippen LogP contribution in [0.4, 0.5) is 4.39 Å². The molecule has 1 aromatic carbocycles. The molecule has 0 atom stereocenters. The number of nitrogens with one attached hydrogen (secondary N) is 1. The maximum Gasteiger partial charge on any atom is 0.123 e. The molecule has 17 heavy (non-hydrogen) atoms. The highest BCUT2D eigenvalue weighted by Crippen LogP contribution is 2.07. The minimum Gasteiger partial charge on any atom is -0.311 e. The van der Waals surface area contributed by atoms with E-state index in [1.165, 1.54) is 38.4 Å². The highest BCUT2D eigenvalue weighted by atomic mass is 19.1. The molecule has 0 bridgehead atoms. The third kappa shape index (κ3) is 4.44. The van der Waals surface area contributed by atoms with Gasteiger partial charge in [-0.15, -0.1) is 0 Å². The molecule has 1 heterocycles. The second-order valence-corrected chi connectivity index (χ2v) is 4.71. The minimum absolute atomic E-state index is 0.152. The molecule has 1 N–H and O–H groups in total. The lowest BCUT2D eigenvalue weighted by Gasteiger charge is -2.26. The topological polar surface area (TPSA) is 15.3 Å². The highest BCUT2D eigenvalue weighted by molar-refractivity contribution is 5.15. The molecule has 3 heteroatoms. The molecule has 0 aliphatic carbocycles. The molecule has 1 saturated heterocycles. The molecule has 0 saturated carbocycles. The molecule has 2 nitrogen and oxygen atoms in total. The standard InChI is InChI=1S/C14H21FN2/c15-14-6-4-5-13(11-14)12-16-7-10-17-8-2-1-3-9-17/h4-6,11,16H,1-3,7-10,12H2. The van der Waals surface area contributed by atoms with Crippen LogP contribution in [-0.4, -0.2) is 31.1 Å². The van der Waals surface area contributed by atoms with E-state index < -0.39 is 0 Å². The summed E-state index contributed by atoms with van der Waals surface area (Å²) in [5, 5.41) is 3.37. The van der Waals surface area contributed by atoms with Gasteiger partial charge >= 0.3 is 0 Å². The predicted molar refractivity (Wildman–Crippen MR) is 68.4 cm³/mol. The Hall–Kier alpha value is -0.930. The molecule has 0 spiro atoms. The van der Waals surface area contributed by atoms with Gasteiger partial charge in [-0.1, -0.05) is 18.6 Å². The summed E-state index contributed by atoms with van der Waals surface area (Å²) in [5.74, 6) is -0.152. The lowest BCUT2D eigenvalue weighted by molar-refractivity contribution is 0.229. The normalized spacial score (nSPS) is 17.2. The van der Waals surface area contributed by atoms with Crippen molar-refractivity contribution in [3.63, 3.8) is 0 Å². The van der Waals surface area contributed by atoms with E-state index in [9.17, 15) is 4.39 Å². The van der Waals surface area contributed by atoms with Crippen LogP contribution in [0, 0.1) is 5.82 Å². The number of rotatable bonds is 5. The number of benzene rings is 1. The van der Waals surface area contributed by atoms with E-state index >= 15 is 0 Å². The maximum atomic E-state index is 12.9. The summed E-state index contributed by atoms with van der Waals surface area (Å²) >= 11 is 0. The summed E-state index contributed by atoms with van der Waals surface area (Å²) in [6.45, 7) is 5.32. The number of hydrogen-bond donors (Lipinski definition) is 1. The molecule has 0 radical (unpaired) electrons. The van der Waals surface area contributed by atoms with Crippen LogP contribution in [0.3, 0.4) is 0 Å². The van der Waals surface area contributed by atoms with Gasteiger partial charge in [-0.3, -0.25) is 0 Å². The summed E-state index contributed by atoms with van der Waals surface area (Å²) in [5.41, 5.74) is 1.02. The summed E-state index contributed by atoms with van der Waals surface area (Å²) in [6.07, 6.45) is 4.06. The van der Waals surface area contributed by atoms with Gasteiger partial charge in [0, 0.05) is 19.6 Å². The van der Waals surface area contributed by atoms with Crippen LogP contribution in [-0.2, 0) is 6.54 Å². The molecular formula is C14H21FN2. The van der Waals surface area contributed by atoms with Gasteiger partial charge in [0.05, 0.1) is 0 Å². The smallest absolute Gasteiger partial charge is 0.123 e. The van der Waals surface area contributed by atoms with Crippen molar-refractivity contribution in [3.8, 4) is 0 Å². The third-order valence-corrected chi connectivity index (χ3v) is 3.27. The first-order chi connectivity index (χ1) is 8.34. The van der Waals surface area contributed by atoms with Crippen LogP contribution in [0.1, 0.15) is 24.8 Å². The Labute approximate surface area is 103 Å². The largest absolute Gasteiger partial charge is 0.311 e. The predicted octanol–water partition coefficient (Wildman–Crippen LogP) is 2.40. The van der Waals surface area contributed by atoms with Gasteiger partial charge in [-0.05, 0) is 43.6 Å². The van der Waals surface area contributed by atoms with E-state index in [1.54, 1.807) is 12.1 Å². The van der Waals surface area contributed by atoms with E-state index in [0.29, 0.717) is 0 Å². The summed E-state index contributed by atoms with van der Waals surface area (Å²) in [6, 6.07) is 6.79. The van der Waals surface area contributed by atoms with E-state index in [1.807, 2.05) is 6.07 Å². The van der Waals surface area contributed by atoms with Crippen molar-refractivity contribution in [1.82, 2.24) is 10.2 Å². The molecule has 1 fully saturated rings. The molecule has 1 aliphatic heterocycles. The lowest BCUT2D eigenvalue weighted by Crippen LogP contribution is -2.35. The van der Waals surface area contributed by atoms with Crippen molar-refractivity contribution in [3.05, 3.63) is 35.6 Å². The molecule has 1 aromatic rings. The van der Waals surface area contributed by atoms with Crippen LogP contribution in [0.25, 0.3) is 0 Å². The summed E-state index contributed by atoms with van der Waals surface area (Å²) in [4.78, 5) is 2.50. The molecule has 1 aliphatic rings. The van der Waals surface area contributed by atoms with Crippen molar-refractivity contribution < 1.29 is 4.39 Å². The third-order valence-electron chi connectivity index (χ3n) is 3.27. The minimum atomic E-state index is -0.152. The summed E-state index contributed by atoms with van der Waals surface area (Å²) < 4.78 is 12.9. The Kier molecular flexibility index (Phi) is 4.95. The lowest BCUT2D eigenvalue weighted by atomic mass is 10.1. The van der Waals surface area contributed by atoms with Crippen LogP contribution in [0.15, 0.2) is 24.3 Å². The molecular weight excluding hydrogens is 215 g/mol. The Morgan fingerprint density at radius 1 is 1.18 bits per heavy atom. The van der Waals surface area contributed by atoms with Gasteiger partial charge in [0.2, 0.25) is 0 Å². The van der Waals surface area contributed by atoms with E-state index in [0.717, 1.165) is 25.2 Å². The average Bonchev–Trinajstić information content (AvgIpc) is 2.36. The first-order valence-corrected chi connectivity index (χ1v) is 6.52. The van der Waals surface area contributed by atoms with Crippen LogP contribution in [0.5, 0.6) is 0 Å². The Morgan fingerprint density at radius 3 is 2.76 bits per heavy atom. The Balaban J connectivity index is 1.62. The van der Waals surface area contributed by atoms with Crippen LogP contribution < -0.4 is 5.32 Å². The quantitative estimate of drug-likeness (QED) is 0.790. The van der Waals surface area contributed by atoms with Crippen molar-refractivity contribution >= 4 is 0 Å². The van der Waals surface area contributed by atoms with Crippen molar-refractivity contribution in [1.29, 1.82) is 0 Å². The second kappa shape index (κ2) is 6.72. The van der Waals surface area contributed by atoms with Gasteiger partial charge in [0.1, 0.15) is 5.82 Å². The van der Waals surface area contributed by atoms with Gasteiger partial charge in [0.25, 0.3) is 0 Å². The fourth-order valence-electron chi connectivity index (χ4n) is 2.30. The first kappa shape index (κ1) is 12.5. The number of nitrogens with zero attached hydrogens (tertiary/aromatic N) is 1. The van der Waals surface area contributed by atoms with Crippen molar-refractivity contribution in [2.24, 2.45) is 0 Å². The van der Waals surface area contributed by atoms with Crippen LogP contribution in [0.2, 0.25) is 0 Å². The zero-order chi connectivity index (χ0) is 11.9. The second-order valence-electron chi connectivity index (χ2n) is 4.71. The number of piperidine rings is 1. The van der Waals surface area contributed by atoms with Crippen LogP contribution >= 0.6 is 0 Å². The molecule has 0 aromatic heterocycles. The van der Waals surface area contributed by atoms with Gasteiger partial charge < -0.3 is 10.2 Å². The molecule has 94 valence electrons. The highest BCUT2D eigenvalue weighted by Gasteiger charge is 2.08. The fourth-order valence-corrected chi connectivity index (χ4v) is 2.30. The van der Waals surface area contributed by atoms with E-state index in [2.05, 4.69) is 10.2 Å². The summed E-state index contributed by atoms with van der Waals surface area (Å²) in [7, 11) is 0. The number of hydrogen-bond acceptors (Lipinski definition) is 2. The maximum absolute atomic E-state index is 12.9. The number of likely N-dealkylation sites (tertiary alicyclic amines) is 1. The monoisotopic (exact) mass is 236 g/mol. The van der Waals surface area contributed by atoms with Gasteiger partial charge in [0.15, 0.2) is 0 Å². The zero-order valence-corrected chi connectivity index (χ0v) is 10.3. The van der Waals surface area contributed by atoms with Crippen molar-refractivity contribution in [2.75, 3.05) is 26.2 Å². The zero-order valence-electron chi connectivity index (χ0n) is 10.3. The fraction of sp³-hybridized carbons (Fsp3) is 0.571. The molecule has 2 rings (SSSR count). The molecule has 0 unspecified atom stereocenters. The Bertz CT molecular complexity index is 335. The first-order valence-electron chi connectivity index (χ1n) is 6.52.